The number of benzene rings is 1. The highest BCUT2D eigenvalue weighted by Gasteiger charge is 2.64. The van der Waals surface area contributed by atoms with Crippen molar-refractivity contribution in [2.75, 3.05) is 13.1 Å². The molecule has 4 rings (SSSR count). The molecule has 0 radical (unpaired) electrons. The van der Waals surface area contributed by atoms with Gasteiger partial charge in [0.1, 0.15) is 5.60 Å². The molecule has 3 fully saturated rings. The van der Waals surface area contributed by atoms with Gasteiger partial charge in [0.05, 0.1) is 6.04 Å². The molecule has 2 aliphatic carbocycles. The van der Waals surface area contributed by atoms with Crippen LogP contribution in [-0.4, -0.2) is 52.7 Å². The highest BCUT2D eigenvalue weighted by atomic mass is 19.3. The van der Waals surface area contributed by atoms with E-state index in [9.17, 15) is 22.9 Å². The second-order valence-corrected chi connectivity index (χ2v) is 11.1. The Balaban J connectivity index is 1.30. The molecule has 2 atom stereocenters. The molecule has 34 heavy (non-hydrogen) atoms. The Morgan fingerprint density at radius 3 is 2.35 bits per heavy atom. The van der Waals surface area contributed by atoms with Gasteiger partial charge in [-0.3, -0.25) is 4.79 Å². The van der Waals surface area contributed by atoms with Crippen molar-refractivity contribution in [2.24, 2.45) is 17.3 Å². The number of ether oxygens (including phenoxy) is 1. The number of amides is 2. The lowest BCUT2D eigenvalue weighted by atomic mass is 9.60. The maximum Gasteiger partial charge on any atom is 0.410 e. The van der Waals surface area contributed by atoms with Gasteiger partial charge in [0.15, 0.2) is 0 Å². The van der Waals surface area contributed by atoms with E-state index in [2.05, 4.69) is 0 Å². The number of likely N-dealkylation sites (tertiary alicyclic amines) is 1. The van der Waals surface area contributed by atoms with E-state index in [1.807, 2.05) is 43.3 Å². The van der Waals surface area contributed by atoms with E-state index in [0.29, 0.717) is 19.5 Å². The summed E-state index contributed by atoms with van der Waals surface area (Å²) in [5, 5.41) is -0.247. The van der Waals surface area contributed by atoms with E-state index in [4.69, 9.17) is 4.74 Å². The monoisotopic (exact) mass is 478 g/mol. The first-order chi connectivity index (χ1) is 15.8. The van der Waals surface area contributed by atoms with Crippen molar-refractivity contribution in [1.82, 2.24) is 10.0 Å². The smallest absolute Gasteiger partial charge is 0.410 e. The van der Waals surface area contributed by atoms with Gasteiger partial charge in [-0.05, 0) is 57.9 Å². The summed E-state index contributed by atoms with van der Waals surface area (Å²) >= 11 is 0. The van der Waals surface area contributed by atoms with Crippen LogP contribution in [0.4, 0.5) is 18.1 Å². The molecule has 186 valence electrons. The second kappa shape index (κ2) is 8.61. The standard InChI is InChI=1S/C26H33F3N2O3/c1-5-18(11-17-9-7-6-8-10-17)20-12-21(20)26(27,28)22(32)31(29)19-13-25(14-19)15-30(16-25)23(33)34-24(2,3)4/h6-11,19-21H,5,12-16H2,1-4H3/b18-11+/t20-,21-/m1/s1. The zero-order valence-electron chi connectivity index (χ0n) is 20.2. The largest absolute Gasteiger partial charge is 0.444 e. The molecule has 0 aromatic heterocycles. The van der Waals surface area contributed by atoms with Gasteiger partial charge < -0.3 is 9.64 Å². The minimum atomic E-state index is -3.74. The molecule has 2 amide bonds. The summed E-state index contributed by atoms with van der Waals surface area (Å²) in [7, 11) is 0. The van der Waals surface area contributed by atoms with Gasteiger partial charge >= 0.3 is 17.9 Å². The van der Waals surface area contributed by atoms with Gasteiger partial charge in [-0.2, -0.15) is 13.9 Å². The number of hydrogen-bond acceptors (Lipinski definition) is 3. The first-order valence-corrected chi connectivity index (χ1v) is 12.0. The lowest BCUT2D eigenvalue weighted by molar-refractivity contribution is -0.202. The summed E-state index contributed by atoms with van der Waals surface area (Å²) in [5.41, 5.74) is 0.864. The zero-order valence-corrected chi connectivity index (χ0v) is 20.2. The van der Waals surface area contributed by atoms with Crippen LogP contribution in [0.15, 0.2) is 35.9 Å². The summed E-state index contributed by atoms with van der Waals surface area (Å²) in [5.74, 6) is -7.07. The molecule has 3 aliphatic rings. The first kappa shape index (κ1) is 24.6. The Kier molecular flexibility index (Phi) is 6.23. The lowest BCUT2D eigenvalue weighted by Crippen LogP contribution is -2.68. The summed E-state index contributed by atoms with van der Waals surface area (Å²) in [6, 6.07) is 8.56. The number of rotatable bonds is 6. The fraction of sp³-hybridized carbons (Fsp3) is 0.615. The van der Waals surface area contributed by atoms with E-state index in [1.54, 1.807) is 20.8 Å². The third-order valence-electron chi connectivity index (χ3n) is 7.13. The van der Waals surface area contributed by atoms with Crippen molar-refractivity contribution in [3.63, 3.8) is 0 Å². The van der Waals surface area contributed by atoms with E-state index in [-0.39, 0.29) is 29.8 Å². The third-order valence-corrected chi connectivity index (χ3v) is 7.13. The molecule has 1 aromatic carbocycles. The van der Waals surface area contributed by atoms with Gasteiger partial charge in [0.2, 0.25) is 0 Å². The molecule has 0 N–H and O–H groups in total. The maximum absolute atomic E-state index is 14.9. The second-order valence-electron chi connectivity index (χ2n) is 11.1. The minimum absolute atomic E-state index is 0.179. The Labute approximate surface area is 198 Å². The van der Waals surface area contributed by atoms with E-state index in [0.717, 1.165) is 11.1 Å². The highest BCUT2D eigenvalue weighted by molar-refractivity contribution is 5.84. The lowest BCUT2D eigenvalue weighted by Gasteiger charge is -2.59. The van der Waals surface area contributed by atoms with Crippen molar-refractivity contribution in [3.05, 3.63) is 41.5 Å². The van der Waals surface area contributed by atoms with Crippen LogP contribution in [0.2, 0.25) is 0 Å². The summed E-state index contributed by atoms with van der Waals surface area (Å²) in [6.07, 6.45) is 2.77. The molecular weight excluding hydrogens is 445 g/mol. The minimum Gasteiger partial charge on any atom is -0.444 e. The number of carbonyl (C=O) groups is 2. The molecule has 1 heterocycles. The summed E-state index contributed by atoms with van der Waals surface area (Å²) < 4.78 is 50.0. The number of hydrogen-bond donors (Lipinski definition) is 0. The van der Waals surface area contributed by atoms with Crippen molar-refractivity contribution >= 4 is 18.1 Å². The number of nitrogens with zero attached hydrogens (tertiary/aromatic N) is 2. The van der Waals surface area contributed by atoms with Crippen molar-refractivity contribution < 1.29 is 27.6 Å². The van der Waals surface area contributed by atoms with Crippen molar-refractivity contribution in [2.45, 2.75) is 70.9 Å². The maximum atomic E-state index is 14.9. The molecular formula is C26H33F3N2O3. The third kappa shape index (κ3) is 4.82. The number of allylic oxidation sites excluding steroid dienone is 1. The topological polar surface area (TPSA) is 49.9 Å². The molecule has 5 nitrogen and oxygen atoms in total. The molecule has 8 heteroatoms. The highest BCUT2D eigenvalue weighted by Crippen LogP contribution is 2.56. The van der Waals surface area contributed by atoms with Crippen LogP contribution >= 0.6 is 0 Å². The molecule has 1 aromatic rings. The van der Waals surface area contributed by atoms with Crippen LogP contribution < -0.4 is 0 Å². The average molecular weight is 479 g/mol. The van der Waals surface area contributed by atoms with Crippen molar-refractivity contribution in [3.8, 4) is 0 Å². The average Bonchev–Trinajstić information content (AvgIpc) is 3.50. The molecule has 0 unspecified atom stereocenters. The van der Waals surface area contributed by atoms with Gasteiger partial charge in [0, 0.05) is 24.4 Å². The van der Waals surface area contributed by atoms with Gasteiger partial charge in [0.25, 0.3) is 0 Å². The molecule has 1 spiro atoms. The first-order valence-electron chi connectivity index (χ1n) is 12.0. The molecule has 0 bridgehead atoms. The Morgan fingerprint density at radius 2 is 1.79 bits per heavy atom. The van der Waals surface area contributed by atoms with Crippen LogP contribution in [0, 0.1) is 17.3 Å². The molecule has 1 aliphatic heterocycles. The van der Waals surface area contributed by atoms with Gasteiger partial charge in [-0.15, -0.1) is 0 Å². The molecule has 1 saturated heterocycles. The van der Waals surface area contributed by atoms with E-state index < -0.39 is 41.4 Å². The van der Waals surface area contributed by atoms with E-state index >= 15 is 0 Å². The zero-order chi connectivity index (χ0) is 24.9. The number of halogens is 3. The van der Waals surface area contributed by atoms with Crippen LogP contribution in [0.5, 0.6) is 0 Å². The quantitative estimate of drug-likeness (QED) is 0.481. The number of alkyl halides is 2. The predicted octanol–water partition coefficient (Wildman–Crippen LogP) is 5.86. The Bertz CT molecular complexity index is 959. The SMILES string of the molecule is CC/C(=C\c1ccccc1)[C@H]1C[C@H]1C(F)(F)C(=O)N(F)C1CC2(C1)CN(C(=O)OC(C)(C)C)C2. The fourth-order valence-electron chi connectivity index (χ4n) is 5.28. The van der Waals surface area contributed by atoms with Crippen molar-refractivity contribution in [1.29, 1.82) is 0 Å². The normalized spacial score (nSPS) is 24.3. The van der Waals surface area contributed by atoms with E-state index in [1.165, 1.54) is 4.90 Å². The van der Waals surface area contributed by atoms with Crippen LogP contribution in [0.1, 0.15) is 58.9 Å². The van der Waals surface area contributed by atoms with Gasteiger partial charge in [-0.1, -0.05) is 53.4 Å². The number of carbonyl (C=O) groups excluding carboxylic acids is 2. The predicted molar refractivity (Wildman–Crippen MR) is 122 cm³/mol. The Morgan fingerprint density at radius 1 is 1.18 bits per heavy atom. The molecule has 2 saturated carbocycles. The van der Waals surface area contributed by atoms with Crippen LogP contribution in [0.25, 0.3) is 6.08 Å². The van der Waals surface area contributed by atoms with Crippen LogP contribution in [0.3, 0.4) is 0 Å². The summed E-state index contributed by atoms with van der Waals surface area (Å²) in [4.78, 5) is 26.1. The Hall–Kier alpha value is -2.51. The fourth-order valence-corrected chi connectivity index (χ4v) is 5.28. The van der Waals surface area contributed by atoms with Gasteiger partial charge in [-0.25, -0.2) is 4.79 Å². The van der Waals surface area contributed by atoms with Crippen LogP contribution in [-0.2, 0) is 9.53 Å². The summed E-state index contributed by atoms with van der Waals surface area (Å²) in [6.45, 7) is 8.02.